The van der Waals surface area contributed by atoms with E-state index in [0.29, 0.717) is 17.1 Å². The SMILES string of the molecule is Cc1ccc2cc(C(=N)c3c(N)ncnc3NC(C)(C)C)[nH]c2c1. The van der Waals surface area contributed by atoms with E-state index >= 15 is 0 Å². The minimum Gasteiger partial charge on any atom is -0.383 e. The Bertz CT molecular complexity index is 917. The number of H-pyrrole nitrogens is 1. The second kappa shape index (κ2) is 5.63. The molecule has 0 saturated heterocycles. The van der Waals surface area contributed by atoms with Crippen LogP contribution in [0.25, 0.3) is 10.9 Å². The summed E-state index contributed by atoms with van der Waals surface area (Å²) in [6, 6.07) is 8.10. The lowest BCUT2D eigenvalue weighted by molar-refractivity contribution is 0.630. The highest BCUT2D eigenvalue weighted by Gasteiger charge is 2.21. The van der Waals surface area contributed by atoms with Crippen molar-refractivity contribution in [3.8, 4) is 0 Å². The Balaban J connectivity index is 2.08. The molecule has 6 nitrogen and oxygen atoms in total. The van der Waals surface area contributed by atoms with Gasteiger partial charge in [0.05, 0.1) is 17.0 Å². The van der Waals surface area contributed by atoms with Crippen LogP contribution in [0.4, 0.5) is 11.6 Å². The lowest BCUT2D eigenvalue weighted by Crippen LogP contribution is -2.28. The number of hydrogen-bond acceptors (Lipinski definition) is 5. The van der Waals surface area contributed by atoms with Crippen molar-refractivity contribution < 1.29 is 0 Å². The van der Waals surface area contributed by atoms with Gasteiger partial charge in [0, 0.05) is 16.4 Å². The van der Waals surface area contributed by atoms with Crippen molar-refractivity contribution in [3.63, 3.8) is 0 Å². The molecule has 0 spiro atoms. The van der Waals surface area contributed by atoms with Crippen LogP contribution in [0.1, 0.15) is 37.6 Å². The van der Waals surface area contributed by atoms with Crippen LogP contribution in [0, 0.1) is 12.3 Å². The van der Waals surface area contributed by atoms with E-state index in [1.807, 2.05) is 39.8 Å². The molecule has 0 saturated carbocycles. The van der Waals surface area contributed by atoms with Crippen molar-refractivity contribution in [2.75, 3.05) is 11.1 Å². The number of nitrogens with zero attached hydrogens (tertiary/aromatic N) is 2. The van der Waals surface area contributed by atoms with Crippen LogP contribution < -0.4 is 11.1 Å². The summed E-state index contributed by atoms with van der Waals surface area (Å²) < 4.78 is 0. The lowest BCUT2D eigenvalue weighted by atomic mass is 10.1. The van der Waals surface area contributed by atoms with Gasteiger partial charge in [-0.25, -0.2) is 9.97 Å². The minimum absolute atomic E-state index is 0.201. The summed E-state index contributed by atoms with van der Waals surface area (Å²) in [6.07, 6.45) is 1.41. The van der Waals surface area contributed by atoms with Gasteiger partial charge >= 0.3 is 0 Å². The summed E-state index contributed by atoms with van der Waals surface area (Å²) in [6.45, 7) is 8.14. The van der Waals surface area contributed by atoms with E-state index in [2.05, 4.69) is 32.4 Å². The number of aromatic amines is 1. The van der Waals surface area contributed by atoms with E-state index in [9.17, 15) is 0 Å². The quantitative estimate of drug-likeness (QED) is 0.554. The summed E-state index contributed by atoms with van der Waals surface area (Å²) in [5.41, 5.74) is 9.48. The zero-order valence-corrected chi connectivity index (χ0v) is 14.4. The van der Waals surface area contributed by atoms with Crippen molar-refractivity contribution in [3.05, 3.63) is 47.4 Å². The maximum atomic E-state index is 8.62. The molecule has 0 fully saturated rings. The molecular weight excluding hydrogens is 300 g/mol. The summed E-state index contributed by atoms with van der Waals surface area (Å²) in [5, 5.41) is 13.0. The maximum absolute atomic E-state index is 8.62. The third-order valence-corrected chi connectivity index (χ3v) is 3.67. The molecule has 6 heteroatoms. The van der Waals surface area contributed by atoms with Crippen molar-refractivity contribution in [1.29, 1.82) is 5.41 Å². The molecule has 0 aliphatic heterocycles. The summed E-state index contributed by atoms with van der Waals surface area (Å²) in [4.78, 5) is 11.6. The number of aromatic nitrogens is 3. The lowest BCUT2D eigenvalue weighted by Gasteiger charge is -2.23. The van der Waals surface area contributed by atoms with Crippen LogP contribution in [-0.4, -0.2) is 26.2 Å². The molecule has 3 aromatic rings. The number of fused-ring (bicyclic) bond motifs is 1. The predicted octanol–water partition coefficient (Wildman–Crippen LogP) is 3.48. The van der Waals surface area contributed by atoms with Gasteiger partial charge in [0.25, 0.3) is 0 Å². The van der Waals surface area contributed by atoms with E-state index in [4.69, 9.17) is 11.1 Å². The number of hydrogen-bond donors (Lipinski definition) is 4. The van der Waals surface area contributed by atoms with Gasteiger partial charge < -0.3 is 16.0 Å². The van der Waals surface area contributed by atoms with Crippen LogP contribution in [0.3, 0.4) is 0 Å². The average Bonchev–Trinajstić information content (AvgIpc) is 2.88. The second-order valence-electron chi connectivity index (χ2n) is 7.01. The van der Waals surface area contributed by atoms with Gasteiger partial charge in [-0.2, -0.15) is 0 Å². The fraction of sp³-hybridized carbons (Fsp3) is 0.278. The summed E-state index contributed by atoms with van der Waals surface area (Å²) >= 11 is 0. The maximum Gasteiger partial charge on any atom is 0.141 e. The van der Waals surface area contributed by atoms with Crippen LogP contribution in [0.2, 0.25) is 0 Å². The molecule has 0 bridgehead atoms. The first-order valence-corrected chi connectivity index (χ1v) is 7.82. The molecule has 0 aliphatic carbocycles. The number of nitrogen functional groups attached to an aromatic ring is 1. The monoisotopic (exact) mass is 322 g/mol. The molecule has 2 aromatic heterocycles. The fourth-order valence-corrected chi connectivity index (χ4v) is 2.61. The van der Waals surface area contributed by atoms with Crippen molar-refractivity contribution in [1.82, 2.24) is 15.0 Å². The van der Waals surface area contributed by atoms with Gasteiger partial charge in [0.1, 0.15) is 18.0 Å². The first-order valence-electron chi connectivity index (χ1n) is 7.82. The van der Waals surface area contributed by atoms with E-state index < -0.39 is 0 Å². The molecule has 124 valence electrons. The van der Waals surface area contributed by atoms with Gasteiger partial charge in [-0.15, -0.1) is 0 Å². The predicted molar refractivity (Wildman–Crippen MR) is 98.8 cm³/mol. The molecule has 0 aliphatic rings. The number of nitrogens with one attached hydrogen (secondary N) is 3. The van der Waals surface area contributed by atoms with Crippen molar-refractivity contribution in [2.45, 2.75) is 33.2 Å². The highest BCUT2D eigenvalue weighted by Crippen LogP contribution is 2.25. The highest BCUT2D eigenvalue weighted by molar-refractivity contribution is 6.16. The largest absolute Gasteiger partial charge is 0.383 e. The summed E-state index contributed by atoms with van der Waals surface area (Å²) in [7, 11) is 0. The van der Waals surface area contributed by atoms with Gasteiger partial charge in [0.15, 0.2) is 0 Å². The summed E-state index contributed by atoms with van der Waals surface area (Å²) in [5.74, 6) is 0.853. The first kappa shape index (κ1) is 16.0. The van der Waals surface area contributed by atoms with Crippen molar-refractivity contribution >= 4 is 28.3 Å². The third-order valence-electron chi connectivity index (χ3n) is 3.67. The Morgan fingerprint density at radius 2 is 1.96 bits per heavy atom. The van der Waals surface area contributed by atoms with Crippen LogP contribution >= 0.6 is 0 Å². The van der Waals surface area contributed by atoms with E-state index in [1.165, 1.54) is 11.9 Å². The van der Waals surface area contributed by atoms with Gasteiger partial charge in [-0.05, 0) is 45.4 Å². The Morgan fingerprint density at radius 1 is 1.21 bits per heavy atom. The van der Waals surface area contributed by atoms with Gasteiger partial charge in [0.2, 0.25) is 0 Å². The number of anilines is 2. The zero-order valence-electron chi connectivity index (χ0n) is 14.4. The minimum atomic E-state index is -0.201. The molecule has 0 radical (unpaired) electrons. The first-order chi connectivity index (χ1) is 11.2. The Hall–Kier alpha value is -2.89. The molecule has 2 heterocycles. The highest BCUT2D eigenvalue weighted by atomic mass is 15.1. The number of benzene rings is 1. The molecule has 1 aromatic carbocycles. The second-order valence-corrected chi connectivity index (χ2v) is 7.01. The Morgan fingerprint density at radius 3 is 2.67 bits per heavy atom. The number of aryl methyl sites for hydroxylation is 1. The van der Waals surface area contributed by atoms with Gasteiger partial charge in [-0.1, -0.05) is 12.1 Å². The average molecular weight is 322 g/mol. The molecular formula is C18H22N6. The normalized spacial score (nSPS) is 11.7. The standard InChI is InChI=1S/C18H22N6/c1-10-5-6-11-8-13(23-12(11)7-10)15(19)14-16(20)21-9-22-17(14)24-18(2,3)4/h5-9,19,23H,1-4H3,(H3,20,21,22,24). The zero-order chi connectivity index (χ0) is 17.5. The molecule has 3 rings (SSSR count). The third kappa shape index (κ3) is 3.08. The fourth-order valence-electron chi connectivity index (χ4n) is 2.61. The van der Waals surface area contributed by atoms with E-state index in [-0.39, 0.29) is 17.1 Å². The molecule has 0 amide bonds. The van der Waals surface area contributed by atoms with E-state index in [1.54, 1.807) is 0 Å². The molecule has 5 N–H and O–H groups in total. The molecule has 0 unspecified atom stereocenters. The van der Waals surface area contributed by atoms with Gasteiger partial charge in [-0.3, -0.25) is 5.41 Å². The van der Waals surface area contributed by atoms with Crippen LogP contribution in [0.5, 0.6) is 0 Å². The van der Waals surface area contributed by atoms with Crippen LogP contribution in [0.15, 0.2) is 30.6 Å². The molecule has 24 heavy (non-hydrogen) atoms. The Kier molecular flexibility index (Phi) is 3.75. The van der Waals surface area contributed by atoms with Crippen LogP contribution in [-0.2, 0) is 0 Å². The number of rotatable bonds is 3. The molecule has 0 atom stereocenters. The van der Waals surface area contributed by atoms with Crippen molar-refractivity contribution in [2.24, 2.45) is 0 Å². The topological polar surface area (TPSA) is 103 Å². The van der Waals surface area contributed by atoms with E-state index in [0.717, 1.165) is 10.9 Å². The smallest absolute Gasteiger partial charge is 0.141 e. The Labute approximate surface area is 141 Å². The number of nitrogens with two attached hydrogens (primary N) is 1.